The van der Waals surface area contributed by atoms with Gasteiger partial charge in [0.25, 0.3) is 0 Å². The highest BCUT2D eigenvalue weighted by atomic mass is 79.9. The van der Waals surface area contributed by atoms with Crippen molar-refractivity contribution in [2.24, 2.45) is 5.73 Å². The second-order valence-electron chi connectivity index (χ2n) is 3.82. The summed E-state index contributed by atoms with van der Waals surface area (Å²) < 4.78 is 20.1. The molecule has 2 rings (SSSR count). The molecule has 0 saturated heterocycles. The van der Waals surface area contributed by atoms with Gasteiger partial charge in [-0.1, -0.05) is 40.2 Å². The van der Waals surface area contributed by atoms with E-state index in [1.54, 1.807) is 18.2 Å². The van der Waals surface area contributed by atoms with E-state index in [-0.39, 0.29) is 24.2 Å². The van der Waals surface area contributed by atoms with Gasteiger partial charge in [0.05, 0.1) is 0 Å². The Kier molecular flexibility index (Phi) is 4.33. The minimum Gasteiger partial charge on any atom is -0.481 e. The lowest BCUT2D eigenvalue weighted by atomic mass is 10.1. The molecule has 0 heterocycles. The Balaban J connectivity index is 2.20. The van der Waals surface area contributed by atoms with Crippen LogP contribution in [0, 0.1) is 5.82 Å². The van der Waals surface area contributed by atoms with Crippen LogP contribution in [0.4, 0.5) is 4.39 Å². The lowest BCUT2D eigenvalue weighted by Gasteiger charge is -2.18. The van der Waals surface area contributed by atoms with Gasteiger partial charge in [-0.3, -0.25) is 0 Å². The summed E-state index contributed by atoms with van der Waals surface area (Å²) in [6.07, 6.45) is -0.352. The van der Waals surface area contributed by atoms with Crippen LogP contribution in [0.15, 0.2) is 53.0 Å². The predicted octanol–water partition coefficient (Wildman–Crippen LogP) is 3.67. The summed E-state index contributed by atoms with van der Waals surface area (Å²) in [6.45, 7) is 0.288. The summed E-state index contributed by atoms with van der Waals surface area (Å²) in [4.78, 5) is 0. The fourth-order valence-corrected chi connectivity index (χ4v) is 1.89. The van der Waals surface area contributed by atoms with E-state index >= 15 is 0 Å². The van der Waals surface area contributed by atoms with Crippen molar-refractivity contribution >= 4 is 15.9 Å². The van der Waals surface area contributed by atoms with E-state index in [1.807, 2.05) is 24.3 Å². The molecule has 0 radical (unpaired) electrons. The fraction of sp³-hybridized carbons (Fsp3) is 0.143. The van der Waals surface area contributed by atoms with E-state index in [2.05, 4.69) is 15.9 Å². The molecule has 94 valence electrons. The van der Waals surface area contributed by atoms with Crippen LogP contribution in [0.5, 0.6) is 5.75 Å². The molecule has 4 heteroatoms. The topological polar surface area (TPSA) is 35.2 Å². The third-order valence-electron chi connectivity index (χ3n) is 2.56. The van der Waals surface area contributed by atoms with Crippen molar-refractivity contribution in [3.8, 4) is 5.75 Å². The zero-order valence-corrected chi connectivity index (χ0v) is 11.2. The molecule has 2 aromatic carbocycles. The highest BCUT2D eigenvalue weighted by molar-refractivity contribution is 9.10. The Hall–Kier alpha value is -1.39. The van der Waals surface area contributed by atoms with E-state index in [0.29, 0.717) is 0 Å². The third-order valence-corrected chi connectivity index (χ3v) is 3.09. The smallest absolute Gasteiger partial charge is 0.165 e. The molecule has 0 aromatic heterocycles. The first kappa shape index (κ1) is 13.1. The van der Waals surface area contributed by atoms with Crippen LogP contribution < -0.4 is 10.5 Å². The minimum atomic E-state index is -0.381. The minimum absolute atomic E-state index is 0.218. The van der Waals surface area contributed by atoms with E-state index in [4.69, 9.17) is 10.5 Å². The number of rotatable bonds is 4. The molecule has 0 saturated carbocycles. The molecular weight excluding hydrogens is 297 g/mol. The molecule has 0 aliphatic heterocycles. The molecule has 2 N–H and O–H groups in total. The van der Waals surface area contributed by atoms with Gasteiger partial charge in [-0.25, -0.2) is 4.39 Å². The monoisotopic (exact) mass is 309 g/mol. The summed E-state index contributed by atoms with van der Waals surface area (Å²) in [5.74, 6) is -0.163. The Bertz CT molecular complexity index is 515. The van der Waals surface area contributed by atoms with E-state index in [0.717, 1.165) is 10.0 Å². The normalized spacial score (nSPS) is 12.2. The van der Waals surface area contributed by atoms with Crippen LogP contribution in [0.25, 0.3) is 0 Å². The number of hydrogen-bond acceptors (Lipinski definition) is 2. The van der Waals surface area contributed by atoms with Gasteiger partial charge in [-0.05, 0) is 29.8 Å². The number of benzene rings is 2. The summed E-state index contributed by atoms with van der Waals surface area (Å²) in [5, 5.41) is 0. The van der Waals surface area contributed by atoms with Crippen LogP contribution >= 0.6 is 15.9 Å². The number of ether oxygens (including phenoxy) is 1. The third kappa shape index (κ3) is 3.09. The highest BCUT2D eigenvalue weighted by Gasteiger charge is 2.13. The first-order valence-electron chi connectivity index (χ1n) is 5.57. The quantitative estimate of drug-likeness (QED) is 0.935. The van der Waals surface area contributed by atoms with Gasteiger partial charge in [0.2, 0.25) is 0 Å². The average Bonchev–Trinajstić information content (AvgIpc) is 2.39. The van der Waals surface area contributed by atoms with Crippen LogP contribution in [0.3, 0.4) is 0 Å². The molecule has 0 aliphatic carbocycles. The first-order valence-corrected chi connectivity index (χ1v) is 6.36. The first-order chi connectivity index (χ1) is 8.70. The highest BCUT2D eigenvalue weighted by Crippen LogP contribution is 2.24. The van der Waals surface area contributed by atoms with Crippen molar-refractivity contribution < 1.29 is 9.13 Å². The van der Waals surface area contributed by atoms with Gasteiger partial charge < -0.3 is 10.5 Å². The maximum Gasteiger partial charge on any atom is 0.165 e. The van der Waals surface area contributed by atoms with Crippen molar-refractivity contribution in [2.45, 2.75) is 6.10 Å². The maximum atomic E-state index is 13.5. The van der Waals surface area contributed by atoms with Crippen molar-refractivity contribution in [2.75, 3.05) is 6.54 Å². The van der Waals surface area contributed by atoms with Gasteiger partial charge in [-0.15, -0.1) is 0 Å². The van der Waals surface area contributed by atoms with Crippen molar-refractivity contribution in [3.05, 3.63) is 64.4 Å². The summed E-state index contributed by atoms with van der Waals surface area (Å²) in [6, 6.07) is 13.9. The predicted molar refractivity (Wildman–Crippen MR) is 73.0 cm³/mol. The van der Waals surface area contributed by atoms with Crippen LogP contribution in [0.2, 0.25) is 0 Å². The molecule has 0 fully saturated rings. The van der Waals surface area contributed by atoms with E-state index in [9.17, 15) is 4.39 Å². The molecule has 18 heavy (non-hydrogen) atoms. The molecule has 2 nitrogen and oxygen atoms in total. The standard InChI is InChI=1S/C14H13BrFNO/c15-11-7-5-10(6-8-11)14(9-17)18-13-4-2-1-3-12(13)16/h1-8,14H,9,17H2. The number of para-hydroxylation sites is 1. The number of halogens is 2. The zero-order chi connectivity index (χ0) is 13.0. The molecule has 2 aromatic rings. The Morgan fingerprint density at radius 3 is 2.39 bits per heavy atom. The van der Waals surface area contributed by atoms with Gasteiger partial charge in [0.15, 0.2) is 11.6 Å². The molecule has 0 spiro atoms. The maximum absolute atomic E-state index is 13.5. The van der Waals surface area contributed by atoms with Gasteiger partial charge >= 0.3 is 0 Å². The Labute approximate surface area is 114 Å². The SMILES string of the molecule is NCC(Oc1ccccc1F)c1ccc(Br)cc1. The molecular formula is C14H13BrFNO. The molecule has 1 atom stereocenters. The summed E-state index contributed by atoms with van der Waals surface area (Å²) in [5.41, 5.74) is 6.60. The van der Waals surface area contributed by atoms with Gasteiger partial charge in [-0.2, -0.15) is 0 Å². The lowest BCUT2D eigenvalue weighted by Crippen LogP contribution is -2.18. The molecule has 0 amide bonds. The average molecular weight is 310 g/mol. The Morgan fingerprint density at radius 2 is 1.78 bits per heavy atom. The van der Waals surface area contributed by atoms with Gasteiger partial charge in [0.1, 0.15) is 6.10 Å². The second-order valence-corrected chi connectivity index (χ2v) is 4.74. The molecule has 0 aliphatic rings. The van der Waals surface area contributed by atoms with Crippen LogP contribution in [-0.4, -0.2) is 6.54 Å². The van der Waals surface area contributed by atoms with E-state index in [1.165, 1.54) is 6.07 Å². The largest absolute Gasteiger partial charge is 0.481 e. The van der Waals surface area contributed by atoms with Gasteiger partial charge in [0, 0.05) is 11.0 Å². The van der Waals surface area contributed by atoms with Crippen molar-refractivity contribution in [1.29, 1.82) is 0 Å². The van der Waals surface area contributed by atoms with Crippen LogP contribution in [0.1, 0.15) is 11.7 Å². The zero-order valence-electron chi connectivity index (χ0n) is 9.64. The lowest BCUT2D eigenvalue weighted by molar-refractivity contribution is 0.204. The second kappa shape index (κ2) is 5.98. The summed E-state index contributed by atoms with van der Waals surface area (Å²) >= 11 is 3.36. The van der Waals surface area contributed by atoms with E-state index < -0.39 is 0 Å². The number of hydrogen-bond donors (Lipinski definition) is 1. The Morgan fingerprint density at radius 1 is 1.11 bits per heavy atom. The van der Waals surface area contributed by atoms with Crippen LogP contribution in [-0.2, 0) is 0 Å². The van der Waals surface area contributed by atoms with Crippen molar-refractivity contribution in [1.82, 2.24) is 0 Å². The fourth-order valence-electron chi connectivity index (χ4n) is 1.62. The van der Waals surface area contributed by atoms with Crippen molar-refractivity contribution in [3.63, 3.8) is 0 Å². The molecule has 1 unspecified atom stereocenters. The summed E-state index contributed by atoms with van der Waals surface area (Å²) in [7, 11) is 0. The molecule has 0 bridgehead atoms. The number of nitrogens with two attached hydrogens (primary N) is 1.